The molecule has 0 amide bonds. The van der Waals surface area contributed by atoms with Crippen molar-refractivity contribution in [2.24, 2.45) is 0 Å². The molecular weight excluding hydrogens is 201 g/mol. The standard InChI is InChI=1S/C14H20FN/c1-3-5-14-13-8-11(15)6-7-12(13)10(4-2)9-16-14/h6-8,10,14,16H,3-5,9H2,1-2H3. The zero-order valence-electron chi connectivity index (χ0n) is 10.1. The molecule has 2 atom stereocenters. The largest absolute Gasteiger partial charge is 0.309 e. The first-order chi connectivity index (χ1) is 7.76. The zero-order valence-corrected chi connectivity index (χ0v) is 10.1. The van der Waals surface area contributed by atoms with Crippen molar-refractivity contribution in [3.05, 3.63) is 35.1 Å². The average Bonchev–Trinajstić information content (AvgIpc) is 2.30. The lowest BCUT2D eigenvalue weighted by Gasteiger charge is -2.32. The molecule has 1 aliphatic heterocycles. The van der Waals surface area contributed by atoms with Gasteiger partial charge in [-0.25, -0.2) is 4.39 Å². The Morgan fingerprint density at radius 1 is 1.31 bits per heavy atom. The molecule has 0 saturated carbocycles. The Morgan fingerprint density at radius 2 is 2.12 bits per heavy atom. The van der Waals surface area contributed by atoms with E-state index < -0.39 is 0 Å². The maximum absolute atomic E-state index is 13.3. The second kappa shape index (κ2) is 4.96. The molecule has 0 fully saturated rings. The highest BCUT2D eigenvalue weighted by atomic mass is 19.1. The van der Waals surface area contributed by atoms with Crippen LogP contribution in [0.3, 0.4) is 0 Å². The molecule has 1 aromatic rings. The van der Waals surface area contributed by atoms with Crippen LogP contribution < -0.4 is 5.32 Å². The number of nitrogens with one attached hydrogen (secondary N) is 1. The Kier molecular flexibility index (Phi) is 3.59. The Labute approximate surface area is 97.1 Å². The normalized spacial score (nSPS) is 24.2. The summed E-state index contributed by atoms with van der Waals surface area (Å²) in [5.41, 5.74) is 2.53. The molecule has 0 aliphatic carbocycles. The second-order valence-electron chi connectivity index (χ2n) is 4.63. The van der Waals surface area contributed by atoms with Crippen LogP contribution in [-0.2, 0) is 0 Å². The third kappa shape index (κ3) is 2.12. The summed E-state index contributed by atoms with van der Waals surface area (Å²) in [6.07, 6.45) is 3.34. The lowest BCUT2D eigenvalue weighted by atomic mass is 9.84. The van der Waals surface area contributed by atoms with Crippen LogP contribution in [0.4, 0.5) is 4.39 Å². The van der Waals surface area contributed by atoms with E-state index in [9.17, 15) is 4.39 Å². The van der Waals surface area contributed by atoms with E-state index in [2.05, 4.69) is 19.2 Å². The Morgan fingerprint density at radius 3 is 2.81 bits per heavy atom. The summed E-state index contributed by atoms with van der Waals surface area (Å²) in [5, 5.41) is 3.54. The number of halogens is 1. The van der Waals surface area contributed by atoms with Crippen LogP contribution in [0.5, 0.6) is 0 Å². The fourth-order valence-electron chi connectivity index (χ4n) is 2.63. The maximum Gasteiger partial charge on any atom is 0.123 e. The summed E-state index contributed by atoms with van der Waals surface area (Å²) < 4.78 is 13.3. The third-order valence-corrected chi connectivity index (χ3v) is 3.54. The highest BCUT2D eigenvalue weighted by Gasteiger charge is 2.25. The smallest absolute Gasteiger partial charge is 0.123 e. The Balaban J connectivity index is 2.36. The van der Waals surface area contributed by atoms with E-state index >= 15 is 0 Å². The first-order valence-electron chi connectivity index (χ1n) is 6.29. The summed E-state index contributed by atoms with van der Waals surface area (Å²) in [6, 6.07) is 5.63. The molecule has 2 heteroatoms. The van der Waals surface area contributed by atoms with Gasteiger partial charge in [-0.2, -0.15) is 0 Å². The summed E-state index contributed by atoms with van der Waals surface area (Å²) in [7, 11) is 0. The van der Waals surface area contributed by atoms with Gasteiger partial charge in [-0.1, -0.05) is 26.3 Å². The van der Waals surface area contributed by atoms with Crippen molar-refractivity contribution in [3.63, 3.8) is 0 Å². The summed E-state index contributed by atoms with van der Waals surface area (Å²) in [6.45, 7) is 5.39. The van der Waals surface area contributed by atoms with Crippen molar-refractivity contribution < 1.29 is 4.39 Å². The summed E-state index contributed by atoms with van der Waals surface area (Å²) >= 11 is 0. The zero-order chi connectivity index (χ0) is 11.5. The monoisotopic (exact) mass is 221 g/mol. The highest BCUT2D eigenvalue weighted by Crippen LogP contribution is 2.34. The molecule has 0 aromatic heterocycles. The molecule has 2 unspecified atom stereocenters. The van der Waals surface area contributed by atoms with Crippen LogP contribution in [-0.4, -0.2) is 6.54 Å². The van der Waals surface area contributed by atoms with Crippen LogP contribution in [0.25, 0.3) is 0 Å². The molecule has 1 aliphatic rings. The van der Waals surface area contributed by atoms with Crippen LogP contribution in [0.1, 0.15) is 56.2 Å². The van der Waals surface area contributed by atoms with Crippen molar-refractivity contribution >= 4 is 0 Å². The molecule has 1 nitrogen and oxygen atoms in total. The molecule has 88 valence electrons. The van der Waals surface area contributed by atoms with Gasteiger partial charge in [0.15, 0.2) is 0 Å². The number of hydrogen-bond acceptors (Lipinski definition) is 1. The van der Waals surface area contributed by atoms with Gasteiger partial charge >= 0.3 is 0 Å². The number of hydrogen-bond donors (Lipinski definition) is 1. The number of fused-ring (bicyclic) bond motifs is 1. The van der Waals surface area contributed by atoms with E-state index in [1.807, 2.05) is 6.07 Å². The lowest BCUT2D eigenvalue weighted by Crippen LogP contribution is -2.33. The van der Waals surface area contributed by atoms with E-state index in [0.29, 0.717) is 12.0 Å². The molecule has 1 N–H and O–H groups in total. The molecule has 1 aromatic carbocycles. The first-order valence-corrected chi connectivity index (χ1v) is 6.29. The fraction of sp³-hybridized carbons (Fsp3) is 0.571. The lowest BCUT2D eigenvalue weighted by molar-refractivity contribution is 0.422. The predicted molar refractivity (Wildman–Crippen MR) is 65.1 cm³/mol. The molecule has 0 saturated heterocycles. The minimum atomic E-state index is -0.113. The fourth-order valence-corrected chi connectivity index (χ4v) is 2.63. The predicted octanol–water partition coefficient (Wildman–Crippen LogP) is 3.76. The van der Waals surface area contributed by atoms with E-state index in [4.69, 9.17) is 0 Å². The van der Waals surface area contributed by atoms with Gasteiger partial charge in [0.05, 0.1) is 0 Å². The first kappa shape index (κ1) is 11.6. The van der Waals surface area contributed by atoms with Gasteiger partial charge in [0.25, 0.3) is 0 Å². The number of benzene rings is 1. The van der Waals surface area contributed by atoms with Crippen LogP contribution in [0.15, 0.2) is 18.2 Å². The topological polar surface area (TPSA) is 12.0 Å². The molecule has 0 bridgehead atoms. The van der Waals surface area contributed by atoms with Gasteiger partial charge < -0.3 is 5.32 Å². The van der Waals surface area contributed by atoms with Crippen LogP contribution in [0, 0.1) is 5.82 Å². The van der Waals surface area contributed by atoms with Crippen LogP contribution in [0.2, 0.25) is 0 Å². The van der Waals surface area contributed by atoms with Gasteiger partial charge in [-0.3, -0.25) is 0 Å². The van der Waals surface area contributed by atoms with Crippen LogP contribution >= 0.6 is 0 Å². The molecule has 16 heavy (non-hydrogen) atoms. The minimum absolute atomic E-state index is 0.113. The third-order valence-electron chi connectivity index (χ3n) is 3.54. The minimum Gasteiger partial charge on any atom is -0.309 e. The van der Waals surface area contributed by atoms with E-state index in [0.717, 1.165) is 25.8 Å². The van der Waals surface area contributed by atoms with Crippen molar-refractivity contribution in [2.45, 2.75) is 45.1 Å². The molecule has 1 heterocycles. The molecule has 0 spiro atoms. The molecule has 0 radical (unpaired) electrons. The van der Waals surface area contributed by atoms with Gasteiger partial charge in [0.2, 0.25) is 0 Å². The Bertz CT molecular complexity index is 362. The molecule has 2 rings (SSSR count). The van der Waals surface area contributed by atoms with E-state index in [1.54, 1.807) is 12.1 Å². The van der Waals surface area contributed by atoms with E-state index in [-0.39, 0.29) is 5.82 Å². The van der Waals surface area contributed by atoms with Gasteiger partial charge in [0.1, 0.15) is 5.82 Å². The van der Waals surface area contributed by atoms with E-state index in [1.165, 1.54) is 11.1 Å². The van der Waals surface area contributed by atoms with Crippen molar-refractivity contribution in [2.75, 3.05) is 6.54 Å². The van der Waals surface area contributed by atoms with Gasteiger partial charge in [-0.15, -0.1) is 0 Å². The molecular formula is C14H20FN. The SMILES string of the molecule is CCCC1NCC(CC)c2ccc(F)cc21. The quantitative estimate of drug-likeness (QED) is 0.819. The highest BCUT2D eigenvalue weighted by molar-refractivity contribution is 5.36. The van der Waals surface area contributed by atoms with Crippen molar-refractivity contribution in [3.8, 4) is 0 Å². The maximum atomic E-state index is 13.3. The Hall–Kier alpha value is -0.890. The average molecular weight is 221 g/mol. The number of rotatable bonds is 3. The van der Waals surface area contributed by atoms with Crippen molar-refractivity contribution in [1.82, 2.24) is 5.32 Å². The summed E-state index contributed by atoms with van der Waals surface area (Å²) in [4.78, 5) is 0. The van der Waals surface area contributed by atoms with Crippen molar-refractivity contribution in [1.29, 1.82) is 0 Å². The second-order valence-corrected chi connectivity index (χ2v) is 4.63. The summed E-state index contributed by atoms with van der Waals surface area (Å²) in [5.74, 6) is 0.433. The van der Waals surface area contributed by atoms with Gasteiger partial charge in [0, 0.05) is 12.6 Å². The van der Waals surface area contributed by atoms with Gasteiger partial charge in [-0.05, 0) is 42.0 Å².